The Morgan fingerprint density at radius 3 is 0.901 bits per heavy atom. The fraction of sp³-hybridized carbons (Fsp3) is 0.929. The van der Waals surface area contributed by atoms with E-state index in [9.17, 15) is 132 Å². The van der Waals surface area contributed by atoms with Crippen molar-refractivity contribution < 1.29 is 203 Å². The molecule has 8 saturated heterocycles. The number of hydrogen-bond acceptors (Lipinski definition) is 41. The predicted octanol–water partition coefficient (Wildman–Crippen LogP) is -17.9. The highest BCUT2D eigenvalue weighted by atomic mass is 16.8. The average Bonchev–Trinajstić information content (AvgIpc) is 0.699. The van der Waals surface area contributed by atoms with Gasteiger partial charge in [-0.1, -0.05) is 0 Å². The Morgan fingerprint density at radius 2 is 0.525 bits per heavy atom. The van der Waals surface area contributed by atoms with Crippen LogP contribution in [-0.2, 0) is 90.2 Å². The van der Waals surface area contributed by atoms with Crippen molar-refractivity contribution >= 4 is 23.6 Å². The lowest BCUT2D eigenvalue weighted by Crippen LogP contribution is -2.71. The Kier molecular flexibility index (Phi) is 29.9. The van der Waals surface area contributed by atoms with Gasteiger partial charge in [0.25, 0.3) is 0 Å². The molecule has 8 aliphatic heterocycles. The Hall–Kier alpha value is -3.60. The van der Waals surface area contributed by atoms with Gasteiger partial charge in [-0.05, 0) is 0 Å². The molecule has 584 valence electrons. The molecule has 0 aromatic carbocycles. The van der Waals surface area contributed by atoms with Crippen molar-refractivity contribution in [3.63, 3.8) is 0 Å². The highest BCUT2D eigenvalue weighted by Crippen LogP contribution is 2.39. The largest absolute Gasteiger partial charge is 0.394 e. The molecule has 0 bridgehead atoms. The summed E-state index contributed by atoms with van der Waals surface area (Å²) in [5.41, 5.74) is 0. The number of carbonyl (C=O) groups excluding carboxylic acids is 4. The van der Waals surface area contributed by atoms with Gasteiger partial charge in [0.15, 0.2) is 50.3 Å². The zero-order chi connectivity index (χ0) is 74.5. The van der Waals surface area contributed by atoms with Crippen LogP contribution in [-0.4, -0.2) is 434 Å². The first-order valence-corrected chi connectivity index (χ1v) is 32.1. The molecule has 0 aromatic heterocycles. The lowest BCUT2D eigenvalue weighted by atomic mass is 9.93. The number of carbonyl (C=O) groups is 4. The summed E-state index contributed by atoms with van der Waals surface area (Å²) in [5.74, 6) is -3.64. The number of amides is 4. The molecule has 101 heavy (non-hydrogen) atoms. The van der Waals surface area contributed by atoms with Gasteiger partial charge in [0.2, 0.25) is 23.6 Å². The van der Waals surface area contributed by atoms with Crippen molar-refractivity contribution in [1.82, 2.24) is 21.3 Å². The Morgan fingerprint density at radius 1 is 0.257 bits per heavy atom. The second-order valence-electron chi connectivity index (χ2n) is 25.4. The molecule has 40 atom stereocenters. The predicted molar refractivity (Wildman–Crippen MR) is 311 cm³/mol. The lowest BCUT2D eigenvalue weighted by Gasteiger charge is -2.51. The highest BCUT2D eigenvalue weighted by Gasteiger charge is 2.60. The Bertz CT molecular complexity index is 2640. The fourth-order valence-corrected chi connectivity index (χ4v) is 13.0. The number of ether oxygens (including phenoxy) is 15. The maximum absolute atomic E-state index is 13.3. The summed E-state index contributed by atoms with van der Waals surface area (Å²) in [5, 5.41) is 252. The van der Waals surface area contributed by atoms with Crippen LogP contribution in [0, 0.1) is 0 Å². The second-order valence-corrected chi connectivity index (χ2v) is 25.4. The molecular weight excluding hydrogens is 1380 g/mol. The number of aliphatic hydroxyl groups is 22. The van der Waals surface area contributed by atoms with E-state index >= 15 is 0 Å². The van der Waals surface area contributed by atoms with Crippen LogP contribution in [0.3, 0.4) is 0 Å². The molecule has 1 unspecified atom stereocenters. The third-order valence-corrected chi connectivity index (χ3v) is 18.2. The van der Waals surface area contributed by atoms with Gasteiger partial charge < -0.3 is 205 Å². The molecule has 8 aliphatic rings. The first-order chi connectivity index (χ1) is 47.8. The molecule has 8 heterocycles. The van der Waals surface area contributed by atoms with Crippen LogP contribution < -0.4 is 21.3 Å². The van der Waals surface area contributed by atoms with E-state index in [2.05, 4.69) is 21.3 Å². The van der Waals surface area contributed by atoms with E-state index in [1.54, 1.807) is 0 Å². The number of hydrogen-bond donors (Lipinski definition) is 26. The van der Waals surface area contributed by atoms with Gasteiger partial charge in [-0.25, -0.2) is 0 Å². The minimum Gasteiger partial charge on any atom is -0.394 e. The summed E-state index contributed by atoms with van der Waals surface area (Å²) in [4.78, 5) is 51.4. The van der Waals surface area contributed by atoms with Crippen LogP contribution in [0.5, 0.6) is 0 Å². The Balaban J connectivity index is 1.14. The zero-order valence-corrected chi connectivity index (χ0v) is 54.3. The van der Waals surface area contributed by atoms with Crippen molar-refractivity contribution in [2.45, 2.75) is 273 Å². The molecule has 45 heteroatoms. The molecule has 0 saturated carbocycles. The molecule has 8 rings (SSSR count). The molecular formula is C56H94N4O41. The summed E-state index contributed by atoms with van der Waals surface area (Å²) < 4.78 is 88.1. The van der Waals surface area contributed by atoms with Crippen LogP contribution in [0.1, 0.15) is 27.7 Å². The van der Waals surface area contributed by atoms with Crippen molar-refractivity contribution in [1.29, 1.82) is 0 Å². The smallest absolute Gasteiger partial charge is 0.217 e. The van der Waals surface area contributed by atoms with Crippen molar-refractivity contribution in [2.24, 2.45) is 0 Å². The lowest BCUT2D eigenvalue weighted by molar-refractivity contribution is -0.386. The monoisotopic (exact) mass is 1480 g/mol. The van der Waals surface area contributed by atoms with Crippen LogP contribution in [0.2, 0.25) is 0 Å². The summed E-state index contributed by atoms with van der Waals surface area (Å²) in [6.07, 6.45) is -73.1. The zero-order valence-electron chi connectivity index (χ0n) is 54.3. The number of rotatable bonds is 26. The molecule has 0 aromatic rings. The minimum atomic E-state index is -2.51. The van der Waals surface area contributed by atoms with Gasteiger partial charge in [0, 0.05) is 27.7 Å². The molecule has 0 radical (unpaired) electrons. The van der Waals surface area contributed by atoms with E-state index < -0.39 is 322 Å². The normalized spacial score (nSPS) is 48.3. The Labute approximate surface area is 572 Å². The number of nitrogens with one attached hydrogen (secondary N) is 4. The number of aliphatic hydroxyl groups excluding tert-OH is 22. The van der Waals surface area contributed by atoms with E-state index in [1.165, 1.54) is 0 Å². The molecule has 45 nitrogen and oxygen atoms in total. The van der Waals surface area contributed by atoms with Gasteiger partial charge in [0.1, 0.15) is 195 Å². The standard InChI is InChI=1S/C56H94N4O41/c1-13(68)57-25-36(79)43(96-53-39(82)37(80)29(72)17(5-61)91-53)23(11-67)94-50(25)87-12-24-35(78)48(101-52-27(59-15(3)70)45(32(75)20(8-64)90-52)98-54-40(83)38(81)30(73)18(6-62)92-54)42(85)56(95-24)99-46-28(60-16(4)71)51(89-21(9-65)33(46)76)100-47-34(77)22(10-66)93-55(41(47)84)97-44-26(58-14(2)69)49(86)88-19(7-63)31(44)74/h17-56,61-67,72-86H,5-12H2,1-4H3,(H,57,68)(H,58,69)(H,59,70)(H,60,71)/t17-,18-,19-,20-,21-,22-,23-,24-,25-,26-,27-,28-,29+,30+,31+,32-,33-,34+,35+,36-,37+,38+,39-,40-,41-,42-,43-,44-,45-,46-,47+,48+,49?,50-,51+,52+,53+,54+,55+,56+/m1/s1. The summed E-state index contributed by atoms with van der Waals surface area (Å²) in [6.45, 7) is -4.51. The third-order valence-electron chi connectivity index (χ3n) is 18.2. The van der Waals surface area contributed by atoms with Gasteiger partial charge in [-0.3, -0.25) is 19.2 Å². The molecule has 0 spiro atoms. The topological polar surface area (TPSA) is 700 Å². The minimum absolute atomic E-state index is 0.798. The maximum atomic E-state index is 13.3. The van der Waals surface area contributed by atoms with Gasteiger partial charge in [-0.2, -0.15) is 0 Å². The summed E-state index contributed by atoms with van der Waals surface area (Å²) in [6, 6.07) is -7.41. The summed E-state index contributed by atoms with van der Waals surface area (Å²) in [7, 11) is 0. The maximum Gasteiger partial charge on any atom is 0.217 e. The van der Waals surface area contributed by atoms with E-state index in [0.717, 1.165) is 27.7 Å². The second kappa shape index (κ2) is 36.3. The molecule has 4 amide bonds. The van der Waals surface area contributed by atoms with Gasteiger partial charge >= 0.3 is 0 Å². The van der Waals surface area contributed by atoms with E-state index in [4.69, 9.17) is 71.1 Å². The SMILES string of the molecule is CC(=O)N[C@H]1[C@H](OC[C@H]2O[C@@H](O[C@H]3[C@H](O)[C@@H](CO)O[C@@H](O[C@H]4[C@@H](O)[C@@H](CO)O[C@@H](O[C@H]5[C@@H](O)[C@@H](CO)OC(O)[C@@H]5NC(C)=O)[C@@H]4O)[C@@H]3NC(C)=O)[C@H](O)[C@@H](O[C@@H]3O[C@H](CO)[C@@H](O)[C@H](O[C@@H]4O[C@H](CO)[C@H](O)[C@H](O)[C@H]4O)[C@H]3NC(C)=O)[C@H]2O)O[C@H](CO)[C@@H](O[C@@H]2O[C@H](CO)[C@H](O)[C@H](O)[C@H]2O)[C@@H]1O. The highest BCUT2D eigenvalue weighted by molar-refractivity contribution is 5.74. The van der Waals surface area contributed by atoms with E-state index in [-0.39, 0.29) is 0 Å². The molecule has 8 fully saturated rings. The van der Waals surface area contributed by atoms with Crippen molar-refractivity contribution in [2.75, 3.05) is 52.9 Å². The molecule has 0 aliphatic carbocycles. The average molecular weight is 1480 g/mol. The fourth-order valence-electron chi connectivity index (χ4n) is 13.0. The van der Waals surface area contributed by atoms with Crippen LogP contribution in [0.4, 0.5) is 0 Å². The van der Waals surface area contributed by atoms with E-state index in [0.29, 0.717) is 0 Å². The molecule has 26 N–H and O–H groups in total. The third kappa shape index (κ3) is 18.5. The van der Waals surface area contributed by atoms with Crippen LogP contribution >= 0.6 is 0 Å². The van der Waals surface area contributed by atoms with Crippen LogP contribution in [0.15, 0.2) is 0 Å². The summed E-state index contributed by atoms with van der Waals surface area (Å²) >= 11 is 0. The van der Waals surface area contributed by atoms with Gasteiger partial charge in [-0.15, -0.1) is 0 Å². The first kappa shape index (κ1) is 83.0. The van der Waals surface area contributed by atoms with Gasteiger partial charge in [0.05, 0.1) is 52.9 Å². The van der Waals surface area contributed by atoms with Crippen molar-refractivity contribution in [3.8, 4) is 0 Å². The van der Waals surface area contributed by atoms with E-state index in [1.807, 2.05) is 0 Å². The van der Waals surface area contributed by atoms with Crippen LogP contribution in [0.25, 0.3) is 0 Å². The quantitative estimate of drug-likeness (QED) is 0.0382. The first-order valence-electron chi connectivity index (χ1n) is 32.1. The van der Waals surface area contributed by atoms with Crippen molar-refractivity contribution in [3.05, 3.63) is 0 Å².